The van der Waals surface area contributed by atoms with Crippen LogP contribution in [-0.2, 0) is 0 Å². The van der Waals surface area contributed by atoms with Crippen molar-refractivity contribution in [1.82, 2.24) is 0 Å². The van der Waals surface area contributed by atoms with Crippen molar-refractivity contribution in [3.8, 4) is 0 Å². The molecule has 0 rings (SSSR count). The Bertz CT molecular complexity index is 89.3. The maximum Gasteiger partial charge on any atom is 0.175 e. The van der Waals surface area contributed by atoms with Gasteiger partial charge in [0.25, 0.3) is 0 Å². The summed E-state index contributed by atoms with van der Waals surface area (Å²) in [4.78, 5) is 0. The summed E-state index contributed by atoms with van der Waals surface area (Å²) in [6.07, 6.45) is 0.552. The summed E-state index contributed by atoms with van der Waals surface area (Å²) in [6.45, 7) is 0.845. The number of nitrogens with two attached hydrogens (primary N) is 1. The van der Waals surface area contributed by atoms with Crippen LogP contribution in [0.4, 0.5) is 0 Å². The van der Waals surface area contributed by atoms with E-state index in [0.717, 1.165) is 11.0 Å². The van der Waals surface area contributed by atoms with E-state index >= 15 is 0 Å². The van der Waals surface area contributed by atoms with E-state index in [4.69, 9.17) is 10.8 Å². The topological polar surface area (TPSA) is 46.2 Å². The average molecular weight is 212 g/mol. The standard InChI is InChI=1S/C6H16BrN2O/c1-9(2,3)5-4-6(7,8)10/h10H,4-5,8H2,1-3H3/q+1. The van der Waals surface area contributed by atoms with E-state index in [1.807, 2.05) is 0 Å². The predicted octanol–water partition coefficient (Wildman–Crippen LogP) is 0.0824. The van der Waals surface area contributed by atoms with Gasteiger partial charge in [0.2, 0.25) is 0 Å². The van der Waals surface area contributed by atoms with Gasteiger partial charge in [-0.25, -0.2) is 0 Å². The van der Waals surface area contributed by atoms with E-state index in [1.54, 1.807) is 0 Å². The zero-order valence-corrected chi connectivity index (χ0v) is 8.35. The highest BCUT2D eigenvalue weighted by Crippen LogP contribution is 2.11. The van der Waals surface area contributed by atoms with Gasteiger partial charge in [-0.05, 0) is 15.9 Å². The SMILES string of the molecule is C[N+](C)(C)CCC(N)(O)Br. The molecule has 1 unspecified atom stereocenters. The fourth-order valence-electron chi connectivity index (χ4n) is 0.492. The maximum absolute atomic E-state index is 9.07. The smallest absolute Gasteiger partial charge is 0.175 e. The second kappa shape index (κ2) is 3.17. The van der Waals surface area contributed by atoms with Crippen LogP contribution in [0, 0.1) is 0 Å². The van der Waals surface area contributed by atoms with Crippen molar-refractivity contribution in [1.29, 1.82) is 0 Å². The number of nitrogens with zero attached hydrogens (tertiary/aromatic N) is 1. The minimum atomic E-state index is -1.20. The summed E-state index contributed by atoms with van der Waals surface area (Å²) in [7, 11) is 6.16. The van der Waals surface area contributed by atoms with Crippen LogP contribution in [0.5, 0.6) is 0 Å². The van der Waals surface area contributed by atoms with E-state index in [0.29, 0.717) is 6.42 Å². The largest absolute Gasteiger partial charge is 0.366 e. The van der Waals surface area contributed by atoms with Crippen molar-refractivity contribution in [2.75, 3.05) is 27.7 Å². The van der Waals surface area contributed by atoms with Crippen molar-refractivity contribution < 1.29 is 9.59 Å². The van der Waals surface area contributed by atoms with Crippen LogP contribution in [0.1, 0.15) is 6.42 Å². The van der Waals surface area contributed by atoms with Gasteiger partial charge in [0.05, 0.1) is 27.7 Å². The van der Waals surface area contributed by atoms with Gasteiger partial charge in [0.15, 0.2) is 4.63 Å². The van der Waals surface area contributed by atoms with Gasteiger partial charge in [-0.3, -0.25) is 5.73 Å². The number of hydrogen-bond donors (Lipinski definition) is 2. The molecule has 0 aromatic rings. The lowest BCUT2D eigenvalue weighted by Crippen LogP contribution is -2.42. The number of aliphatic hydroxyl groups is 1. The van der Waals surface area contributed by atoms with E-state index < -0.39 is 4.63 Å². The molecule has 0 aliphatic carbocycles. The molecule has 0 spiro atoms. The molecule has 0 fully saturated rings. The molecular weight excluding hydrogens is 196 g/mol. The second-order valence-electron chi connectivity index (χ2n) is 3.58. The Labute approximate surface area is 70.5 Å². The summed E-state index contributed by atoms with van der Waals surface area (Å²) in [5.41, 5.74) is 5.30. The Kier molecular flexibility index (Phi) is 3.29. The first kappa shape index (κ1) is 10.4. The zero-order valence-electron chi connectivity index (χ0n) is 6.76. The molecule has 10 heavy (non-hydrogen) atoms. The summed E-state index contributed by atoms with van der Waals surface area (Å²) in [6, 6.07) is 0. The first-order valence-electron chi connectivity index (χ1n) is 3.21. The van der Waals surface area contributed by atoms with Gasteiger partial charge >= 0.3 is 0 Å². The van der Waals surface area contributed by atoms with Crippen LogP contribution in [0.15, 0.2) is 0 Å². The Balaban J connectivity index is 3.56. The summed E-state index contributed by atoms with van der Waals surface area (Å²) < 4.78 is -0.385. The zero-order chi connectivity index (χ0) is 8.41. The molecule has 4 heteroatoms. The molecule has 0 aromatic carbocycles. The minimum absolute atomic E-state index is 0.552. The number of rotatable bonds is 3. The van der Waals surface area contributed by atoms with Crippen molar-refractivity contribution in [2.45, 2.75) is 11.1 Å². The number of halogens is 1. The van der Waals surface area contributed by atoms with E-state index in [1.165, 1.54) is 0 Å². The number of alkyl halides is 1. The molecule has 0 amide bonds. The molecule has 1 atom stereocenters. The van der Waals surface area contributed by atoms with Crippen molar-refractivity contribution in [2.24, 2.45) is 5.73 Å². The maximum atomic E-state index is 9.07. The minimum Gasteiger partial charge on any atom is -0.366 e. The Morgan fingerprint density at radius 1 is 1.50 bits per heavy atom. The molecule has 3 N–H and O–H groups in total. The third-order valence-electron chi connectivity index (χ3n) is 1.13. The molecule has 0 radical (unpaired) electrons. The van der Waals surface area contributed by atoms with Crippen LogP contribution in [0.2, 0.25) is 0 Å². The summed E-state index contributed by atoms with van der Waals surface area (Å²) in [5.74, 6) is 0. The highest BCUT2D eigenvalue weighted by molar-refractivity contribution is 9.10. The normalized spacial score (nSPS) is 18.6. The van der Waals surface area contributed by atoms with Gasteiger partial charge in [0, 0.05) is 6.42 Å². The molecule has 0 aromatic heterocycles. The molecule has 0 bridgehead atoms. The van der Waals surface area contributed by atoms with E-state index in [2.05, 4.69) is 37.1 Å². The summed E-state index contributed by atoms with van der Waals surface area (Å²) >= 11 is 2.95. The molecule has 0 aliphatic rings. The predicted molar refractivity (Wildman–Crippen MR) is 45.6 cm³/mol. The number of hydrogen-bond acceptors (Lipinski definition) is 2. The molecule has 0 saturated heterocycles. The Hall–Kier alpha value is 0.360. The lowest BCUT2D eigenvalue weighted by molar-refractivity contribution is -0.871. The molecule has 0 heterocycles. The lowest BCUT2D eigenvalue weighted by atomic mass is 10.3. The Morgan fingerprint density at radius 3 is 2.00 bits per heavy atom. The molecule has 0 saturated carbocycles. The molecular formula is C6H16BrN2O+. The molecule has 0 aliphatic heterocycles. The van der Waals surface area contributed by atoms with Crippen LogP contribution in [0.25, 0.3) is 0 Å². The lowest BCUT2D eigenvalue weighted by Gasteiger charge is -2.26. The third-order valence-corrected chi connectivity index (χ3v) is 1.53. The molecule has 62 valence electrons. The highest BCUT2D eigenvalue weighted by atomic mass is 79.9. The number of quaternary nitrogens is 1. The van der Waals surface area contributed by atoms with Gasteiger partial charge < -0.3 is 9.59 Å². The van der Waals surface area contributed by atoms with Crippen LogP contribution >= 0.6 is 15.9 Å². The Morgan fingerprint density at radius 2 is 1.90 bits per heavy atom. The van der Waals surface area contributed by atoms with Gasteiger partial charge in [-0.2, -0.15) is 0 Å². The van der Waals surface area contributed by atoms with Crippen molar-refractivity contribution in [3.63, 3.8) is 0 Å². The van der Waals surface area contributed by atoms with E-state index in [9.17, 15) is 0 Å². The highest BCUT2D eigenvalue weighted by Gasteiger charge is 2.19. The fourth-order valence-corrected chi connectivity index (χ4v) is 0.670. The van der Waals surface area contributed by atoms with Crippen molar-refractivity contribution >= 4 is 15.9 Å². The van der Waals surface area contributed by atoms with Crippen LogP contribution in [-0.4, -0.2) is 41.9 Å². The first-order chi connectivity index (χ1) is 4.21. The van der Waals surface area contributed by atoms with Gasteiger partial charge in [0.1, 0.15) is 0 Å². The second-order valence-corrected chi connectivity index (χ2v) is 4.96. The van der Waals surface area contributed by atoms with E-state index in [-0.39, 0.29) is 0 Å². The molecule has 3 nitrogen and oxygen atoms in total. The third kappa shape index (κ3) is 8.36. The average Bonchev–Trinajstić information content (AvgIpc) is 1.57. The fraction of sp³-hybridized carbons (Fsp3) is 1.00. The van der Waals surface area contributed by atoms with Gasteiger partial charge in [-0.15, -0.1) is 0 Å². The van der Waals surface area contributed by atoms with Crippen molar-refractivity contribution in [3.05, 3.63) is 0 Å². The first-order valence-corrected chi connectivity index (χ1v) is 4.01. The summed E-state index contributed by atoms with van der Waals surface area (Å²) in [5, 5.41) is 9.07. The van der Waals surface area contributed by atoms with Crippen LogP contribution < -0.4 is 5.73 Å². The van der Waals surface area contributed by atoms with Crippen LogP contribution in [0.3, 0.4) is 0 Å². The quantitative estimate of drug-likeness (QED) is 0.301. The monoisotopic (exact) mass is 211 g/mol. The van der Waals surface area contributed by atoms with Gasteiger partial charge in [-0.1, -0.05) is 0 Å².